The average molecular weight is 291 g/mol. The first kappa shape index (κ1) is 12.6. The van der Waals surface area contributed by atoms with Crippen LogP contribution in [-0.2, 0) is 0 Å². The van der Waals surface area contributed by atoms with E-state index < -0.39 is 17.1 Å². The fraction of sp³-hybridized carbons (Fsp3) is 0. The fourth-order valence-corrected chi connectivity index (χ4v) is 2.21. The summed E-state index contributed by atoms with van der Waals surface area (Å²) in [5.41, 5.74) is -0.644. The van der Waals surface area contributed by atoms with Gasteiger partial charge in [-0.1, -0.05) is 17.7 Å². The van der Waals surface area contributed by atoms with E-state index in [0.29, 0.717) is 15.9 Å². The molecule has 0 bridgehead atoms. The van der Waals surface area contributed by atoms with E-state index in [1.165, 1.54) is 30.3 Å². The summed E-state index contributed by atoms with van der Waals surface area (Å²) in [5.74, 6) is -0.523. The Morgan fingerprint density at radius 3 is 2.65 bits per heavy atom. The standard InChI is InChI=1S/C14H8ClFN2O2/c15-8-4-5-11-12(6-8)17-14(20)18(13(11)19)10-3-1-2-9(16)7-10/h1-7H,(H,17,20). The van der Waals surface area contributed by atoms with Crippen molar-refractivity contribution in [2.45, 2.75) is 0 Å². The molecule has 3 aromatic rings. The van der Waals surface area contributed by atoms with Gasteiger partial charge in [0.25, 0.3) is 5.56 Å². The number of rotatable bonds is 1. The van der Waals surface area contributed by atoms with Gasteiger partial charge in [-0.05, 0) is 36.4 Å². The molecule has 0 aliphatic carbocycles. The Kier molecular flexibility index (Phi) is 2.91. The molecule has 100 valence electrons. The summed E-state index contributed by atoms with van der Waals surface area (Å²) < 4.78 is 14.1. The third kappa shape index (κ3) is 2.02. The van der Waals surface area contributed by atoms with Crippen molar-refractivity contribution < 1.29 is 4.39 Å². The summed E-state index contributed by atoms with van der Waals surface area (Å²) in [6.45, 7) is 0. The number of nitrogens with one attached hydrogen (secondary N) is 1. The van der Waals surface area contributed by atoms with Crippen LogP contribution in [0.15, 0.2) is 52.1 Å². The van der Waals surface area contributed by atoms with Crippen LogP contribution in [0.3, 0.4) is 0 Å². The van der Waals surface area contributed by atoms with Crippen molar-refractivity contribution in [3.05, 3.63) is 74.1 Å². The molecule has 1 aromatic heterocycles. The minimum atomic E-state index is -0.643. The summed E-state index contributed by atoms with van der Waals surface area (Å²) in [5, 5.41) is 0.717. The topological polar surface area (TPSA) is 54.9 Å². The number of benzene rings is 2. The van der Waals surface area contributed by atoms with Gasteiger partial charge in [0.2, 0.25) is 0 Å². The summed E-state index contributed by atoms with van der Waals surface area (Å²) in [6.07, 6.45) is 0. The lowest BCUT2D eigenvalue weighted by molar-refractivity contribution is 0.626. The third-order valence-corrected chi connectivity index (χ3v) is 3.16. The number of H-pyrrole nitrogens is 1. The molecule has 0 spiro atoms. The number of aromatic amines is 1. The minimum absolute atomic E-state index is 0.174. The molecule has 0 radical (unpaired) electrons. The summed E-state index contributed by atoms with van der Waals surface area (Å²) in [6, 6.07) is 9.85. The van der Waals surface area contributed by atoms with E-state index in [0.717, 1.165) is 10.6 Å². The molecular formula is C14H8ClFN2O2. The van der Waals surface area contributed by atoms with Gasteiger partial charge in [-0.25, -0.2) is 13.8 Å². The molecule has 6 heteroatoms. The van der Waals surface area contributed by atoms with Crippen LogP contribution in [-0.4, -0.2) is 9.55 Å². The van der Waals surface area contributed by atoms with Crippen molar-refractivity contribution >= 4 is 22.5 Å². The lowest BCUT2D eigenvalue weighted by Gasteiger charge is -2.06. The molecule has 0 amide bonds. The quantitative estimate of drug-likeness (QED) is 0.748. The maximum Gasteiger partial charge on any atom is 0.333 e. The molecule has 0 saturated heterocycles. The van der Waals surface area contributed by atoms with Gasteiger partial charge >= 0.3 is 5.69 Å². The molecule has 0 unspecified atom stereocenters. The van der Waals surface area contributed by atoms with Crippen molar-refractivity contribution in [3.8, 4) is 5.69 Å². The highest BCUT2D eigenvalue weighted by atomic mass is 35.5. The van der Waals surface area contributed by atoms with Crippen LogP contribution in [0.25, 0.3) is 16.6 Å². The smallest absolute Gasteiger partial charge is 0.306 e. The molecular weight excluding hydrogens is 283 g/mol. The normalized spacial score (nSPS) is 10.9. The average Bonchev–Trinajstić information content (AvgIpc) is 2.38. The van der Waals surface area contributed by atoms with E-state index >= 15 is 0 Å². The number of fused-ring (bicyclic) bond motifs is 1. The zero-order valence-corrected chi connectivity index (χ0v) is 10.8. The lowest BCUT2D eigenvalue weighted by Crippen LogP contribution is -2.33. The van der Waals surface area contributed by atoms with E-state index in [4.69, 9.17) is 11.6 Å². The summed E-state index contributed by atoms with van der Waals surface area (Å²) in [7, 11) is 0. The van der Waals surface area contributed by atoms with E-state index in [2.05, 4.69) is 4.98 Å². The zero-order valence-electron chi connectivity index (χ0n) is 10.1. The summed E-state index contributed by atoms with van der Waals surface area (Å²) >= 11 is 5.82. The first-order valence-electron chi connectivity index (χ1n) is 5.77. The van der Waals surface area contributed by atoms with E-state index in [1.807, 2.05) is 0 Å². The van der Waals surface area contributed by atoms with Gasteiger partial charge in [-0.2, -0.15) is 0 Å². The Bertz CT molecular complexity index is 930. The largest absolute Gasteiger partial charge is 0.333 e. The van der Waals surface area contributed by atoms with Crippen LogP contribution in [0.5, 0.6) is 0 Å². The van der Waals surface area contributed by atoms with Crippen LogP contribution in [0.4, 0.5) is 4.39 Å². The first-order valence-corrected chi connectivity index (χ1v) is 6.14. The van der Waals surface area contributed by atoms with Gasteiger partial charge in [0, 0.05) is 5.02 Å². The van der Waals surface area contributed by atoms with Gasteiger partial charge in [0.1, 0.15) is 5.82 Å². The number of nitrogens with zero attached hydrogens (tertiary/aromatic N) is 1. The predicted octanol–water partition coefficient (Wildman–Crippen LogP) is 2.47. The van der Waals surface area contributed by atoms with Gasteiger partial charge in [-0.15, -0.1) is 0 Å². The van der Waals surface area contributed by atoms with E-state index in [-0.39, 0.29) is 5.69 Å². The Hall–Kier alpha value is -2.40. The van der Waals surface area contributed by atoms with Gasteiger partial charge in [-0.3, -0.25) is 4.79 Å². The molecule has 0 aliphatic rings. The molecule has 0 saturated carbocycles. The summed E-state index contributed by atoms with van der Waals surface area (Å²) in [4.78, 5) is 26.9. The Morgan fingerprint density at radius 1 is 1.10 bits per heavy atom. The fourth-order valence-electron chi connectivity index (χ4n) is 2.04. The predicted molar refractivity (Wildman–Crippen MR) is 75.1 cm³/mol. The maximum absolute atomic E-state index is 13.2. The molecule has 20 heavy (non-hydrogen) atoms. The molecule has 2 aromatic carbocycles. The second-order valence-corrected chi connectivity index (χ2v) is 4.68. The Morgan fingerprint density at radius 2 is 1.90 bits per heavy atom. The maximum atomic E-state index is 13.2. The highest BCUT2D eigenvalue weighted by Crippen LogP contribution is 2.14. The Balaban J connectivity index is 2.41. The van der Waals surface area contributed by atoms with Crippen molar-refractivity contribution in [1.82, 2.24) is 9.55 Å². The lowest BCUT2D eigenvalue weighted by atomic mass is 10.2. The van der Waals surface area contributed by atoms with Gasteiger partial charge in [0.15, 0.2) is 0 Å². The number of hydrogen-bond donors (Lipinski definition) is 1. The van der Waals surface area contributed by atoms with Gasteiger partial charge in [0.05, 0.1) is 16.6 Å². The second-order valence-electron chi connectivity index (χ2n) is 4.24. The molecule has 0 fully saturated rings. The van der Waals surface area contributed by atoms with Crippen molar-refractivity contribution in [2.24, 2.45) is 0 Å². The van der Waals surface area contributed by atoms with Crippen LogP contribution >= 0.6 is 11.6 Å². The third-order valence-electron chi connectivity index (χ3n) is 2.93. The zero-order chi connectivity index (χ0) is 14.3. The SMILES string of the molecule is O=c1[nH]c2cc(Cl)ccc2c(=O)n1-c1cccc(F)c1. The first-order chi connectivity index (χ1) is 9.56. The highest BCUT2D eigenvalue weighted by Gasteiger charge is 2.10. The van der Waals surface area contributed by atoms with E-state index in [9.17, 15) is 14.0 Å². The minimum Gasteiger partial charge on any atom is -0.306 e. The van der Waals surface area contributed by atoms with Crippen LogP contribution in [0, 0.1) is 5.82 Å². The highest BCUT2D eigenvalue weighted by molar-refractivity contribution is 6.31. The number of hydrogen-bond acceptors (Lipinski definition) is 2. The monoisotopic (exact) mass is 290 g/mol. The molecule has 1 N–H and O–H groups in total. The second kappa shape index (κ2) is 4.61. The van der Waals surface area contributed by atoms with Gasteiger partial charge < -0.3 is 4.98 Å². The van der Waals surface area contributed by atoms with Crippen molar-refractivity contribution in [1.29, 1.82) is 0 Å². The molecule has 3 rings (SSSR count). The molecule has 0 atom stereocenters. The molecule has 0 aliphatic heterocycles. The number of aromatic nitrogens is 2. The van der Waals surface area contributed by atoms with Crippen LogP contribution in [0.1, 0.15) is 0 Å². The molecule has 1 heterocycles. The van der Waals surface area contributed by atoms with Crippen molar-refractivity contribution in [2.75, 3.05) is 0 Å². The van der Waals surface area contributed by atoms with Crippen LogP contribution < -0.4 is 11.2 Å². The van der Waals surface area contributed by atoms with Crippen molar-refractivity contribution in [3.63, 3.8) is 0 Å². The van der Waals surface area contributed by atoms with Crippen LogP contribution in [0.2, 0.25) is 5.02 Å². The Labute approximate surface area is 117 Å². The van der Waals surface area contributed by atoms with E-state index in [1.54, 1.807) is 6.07 Å². The number of halogens is 2. The molecule has 4 nitrogen and oxygen atoms in total.